The SMILES string of the molecule is CC(C)(C)OC(=O)N[C@H]1CCCCCC=C[C@@H]2C[C@@]2(C(=O)NS(=O)(=O)[n+]2ccc(Cl)cc2Cl)NC(=O)[C@@H]2CCCN2C1=O. The van der Waals surface area contributed by atoms with E-state index >= 15 is 0 Å². The van der Waals surface area contributed by atoms with Gasteiger partial charge in [0.05, 0.1) is 5.02 Å². The fourth-order valence-electron chi connectivity index (χ4n) is 5.43. The number of allylic oxidation sites excluding steroid dienone is 1. The van der Waals surface area contributed by atoms with Crippen molar-refractivity contribution in [3.8, 4) is 0 Å². The summed E-state index contributed by atoms with van der Waals surface area (Å²) in [5, 5.41) is 5.44. The van der Waals surface area contributed by atoms with E-state index in [0.717, 1.165) is 19.0 Å². The van der Waals surface area contributed by atoms with Gasteiger partial charge in [-0.15, -0.1) is 8.42 Å². The molecule has 2 fully saturated rings. The standard InChI is InChI=1S/C28H37Cl2N5O7S/c1-27(2,3)42-26(39)31-20-11-8-6-4-5-7-10-18-17-28(18,32-23(36)21-12-9-14-34(21)24(20)37)25(38)33-43(40,41)35-15-13-19(29)16-22(35)30/h7,10,13,15-16,18,20-21H,4-6,8-9,11-12,14,17H2,1-3H3,(H2-,31,32,33,36,38,39)/p+1/t18-,20+,21+,28-/m1/s1. The van der Waals surface area contributed by atoms with Crippen molar-refractivity contribution in [3.63, 3.8) is 0 Å². The second-order valence-electron chi connectivity index (χ2n) is 12.1. The Balaban J connectivity index is 1.57. The zero-order valence-corrected chi connectivity index (χ0v) is 26.7. The number of hydrogen-bond donors (Lipinski definition) is 3. The van der Waals surface area contributed by atoms with Gasteiger partial charge in [0, 0.05) is 24.6 Å². The summed E-state index contributed by atoms with van der Waals surface area (Å²) in [5.41, 5.74) is -2.29. The number of ether oxygens (including phenoxy) is 1. The summed E-state index contributed by atoms with van der Waals surface area (Å²) in [6.45, 7) is 5.48. The largest absolute Gasteiger partial charge is 0.473 e. The molecule has 0 bridgehead atoms. The first-order chi connectivity index (χ1) is 20.1. The van der Waals surface area contributed by atoms with Crippen molar-refractivity contribution < 1.29 is 36.3 Å². The highest BCUT2D eigenvalue weighted by atomic mass is 35.5. The summed E-state index contributed by atoms with van der Waals surface area (Å²) < 4.78 is 34.2. The smallest absolute Gasteiger partial charge is 0.444 e. The molecule has 3 aliphatic rings. The second-order valence-corrected chi connectivity index (χ2v) is 14.5. The third kappa shape index (κ3) is 7.98. The lowest BCUT2D eigenvalue weighted by atomic mass is 10.0. The molecule has 1 aromatic rings. The number of nitrogens with zero attached hydrogens (tertiary/aromatic N) is 2. The number of carbonyl (C=O) groups excluding carboxylic acids is 4. The summed E-state index contributed by atoms with van der Waals surface area (Å²) in [7, 11) is -4.47. The molecule has 4 atom stereocenters. The van der Waals surface area contributed by atoms with Crippen molar-refractivity contribution >= 4 is 57.2 Å². The molecule has 2 aliphatic heterocycles. The van der Waals surface area contributed by atoms with Crippen molar-refractivity contribution in [3.05, 3.63) is 40.7 Å². The zero-order chi connectivity index (χ0) is 31.6. The second kappa shape index (κ2) is 13.0. The summed E-state index contributed by atoms with van der Waals surface area (Å²) in [5.74, 6) is -2.34. The molecule has 1 saturated heterocycles. The molecular formula is C28H38Cl2N5O7S+. The lowest BCUT2D eigenvalue weighted by Crippen LogP contribution is -2.61. The van der Waals surface area contributed by atoms with Gasteiger partial charge in [0.1, 0.15) is 23.2 Å². The highest BCUT2D eigenvalue weighted by Gasteiger charge is 2.62. The van der Waals surface area contributed by atoms with Gasteiger partial charge in [-0.05, 0) is 70.9 Å². The van der Waals surface area contributed by atoms with Crippen LogP contribution in [0.1, 0.15) is 72.1 Å². The highest BCUT2D eigenvalue weighted by molar-refractivity contribution is 7.83. The minimum atomic E-state index is -4.47. The number of amides is 4. The van der Waals surface area contributed by atoms with Gasteiger partial charge < -0.3 is 20.3 Å². The molecule has 3 heterocycles. The predicted molar refractivity (Wildman–Crippen MR) is 158 cm³/mol. The van der Waals surface area contributed by atoms with Crippen LogP contribution in [0.25, 0.3) is 0 Å². The molecule has 0 unspecified atom stereocenters. The van der Waals surface area contributed by atoms with Crippen LogP contribution >= 0.6 is 23.2 Å². The predicted octanol–water partition coefficient (Wildman–Crippen LogP) is 2.77. The summed E-state index contributed by atoms with van der Waals surface area (Å²) in [6, 6.07) is 0.741. The summed E-state index contributed by atoms with van der Waals surface area (Å²) >= 11 is 11.9. The maximum atomic E-state index is 13.7. The van der Waals surface area contributed by atoms with E-state index in [9.17, 15) is 27.6 Å². The Morgan fingerprint density at radius 2 is 1.88 bits per heavy atom. The fraction of sp³-hybridized carbons (Fsp3) is 0.607. The van der Waals surface area contributed by atoms with Gasteiger partial charge in [-0.3, -0.25) is 14.4 Å². The van der Waals surface area contributed by atoms with Crippen LogP contribution in [0.3, 0.4) is 0 Å². The van der Waals surface area contributed by atoms with E-state index in [0.29, 0.717) is 42.6 Å². The van der Waals surface area contributed by atoms with Crippen molar-refractivity contribution in [2.75, 3.05) is 6.54 Å². The van der Waals surface area contributed by atoms with Crippen LogP contribution in [0.15, 0.2) is 30.5 Å². The molecule has 43 heavy (non-hydrogen) atoms. The topological polar surface area (TPSA) is 155 Å². The summed E-state index contributed by atoms with van der Waals surface area (Å²) in [4.78, 5) is 54.9. The molecule has 0 radical (unpaired) electrons. The first-order valence-electron chi connectivity index (χ1n) is 14.4. The van der Waals surface area contributed by atoms with Gasteiger partial charge in [-0.1, -0.05) is 40.6 Å². The van der Waals surface area contributed by atoms with Crippen LogP contribution in [-0.4, -0.2) is 66.9 Å². The Morgan fingerprint density at radius 3 is 2.58 bits per heavy atom. The van der Waals surface area contributed by atoms with Gasteiger partial charge in [0.15, 0.2) is 6.20 Å². The third-order valence-corrected chi connectivity index (χ3v) is 9.55. The van der Waals surface area contributed by atoms with Crippen molar-refractivity contribution in [1.29, 1.82) is 0 Å². The number of alkyl carbamates (subject to hydrolysis) is 1. The van der Waals surface area contributed by atoms with Crippen LogP contribution in [0.5, 0.6) is 0 Å². The molecule has 3 N–H and O–H groups in total. The molecule has 236 valence electrons. The molecule has 4 rings (SSSR count). The van der Waals surface area contributed by atoms with Crippen LogP contribution < -0.4 is 19.3 Å². The third-order valence-electron chi connectivity index (χ3n) is 7.64. The fourth-order valence-corrected chi connectivity index (χ4v) is 7.11. The van der Waals surface area contributed by atoms with E-state index in [4.69, 9.17) is 27.9 Å². The first kappa shape index (κ1) is 33.0. The number of carbonyl (C=O) groups is 4. The molecule has 15 heteroatoms. The minimum Gasteiger partial charge on any atom is -0.444 e. The summed E-state index contributed by atoms with van der Waals surface area (Å²) in [6.07, 6.45) is 8.52. The van der Waals surface area contributed by atoms with Gasteiger partial charge in [0.25, 0.3) is 11.1 Å². The lowest BCUT2D eigenvalue weighted by Gasteiger charge is -2.30. The van der Waals surface area contributed by atoms with Crippen LogP contribution in [0.2, 0.25) is 10.2 Å². The van der Waals surface area contributed by atoms with Crippen molar-refractivity contribution in [1.82, 2.24) is 20.3 Å². The Hall–Kier alpha value is -2.90. The molecule has 0 spiro atoms. The molecule has 12 nitrogen and oxygen atoms in total. The maximum absolute atomic E-state index is 13.7. The minimum absolute atomic E-state index is 0.180. The number of nitrogens with one attached hydrogen (secondary N) is 3. The van der Waals surface area contributed by atoms with Crippen molar-refractivity contribution in [2.45, 2.75) is 95.4 Å². The zero-order valence-electron chi connectivity index (χ0n) is 24.4. The number of fused-ring (bicyclic) bond motifs is 2. The number of rotatable bonds is 4. The van der Waals surface area contributed by atoms with E-state index in [1.165, 1.54) is 17.0 Å². The molecule has 4 amide bonds. The van der Waals surface area contributed by atoms with E-state index in [1.54, 1.807) is 20.8 Å². The number of hydrogen-bond acceptors (Lipinski definition) is 7. The van der Waals surface area contributed by atoms with E-state index in [1.807, 2.05) is 16.9 Å². The molecule has 0 aromatic carbocycles. The van der Waals surface area contributed by atoms with E-state index in [-0.39, 0.29) is 16.6 Å². The van der Waals surface area contributed by atoms with Gasteiger partial charge in [0.2, 0.25) is 11.8 Å². The Labute approximate surface area is 261 Å². The molecule has 1 aliphatic carbocycles. The number of pyridine rings is 1. The van der Waals surface area contributed by atoms with Gasteiger partial charge in [-0.2, -0.15) is 4.72 Å². The Kier molecular flexibility index (Phi) is 9.97. The highest BCUT2D eigenvalue weighted by Crippen LogP contribution is 2.45. The monoisotopic (exact) mass is 658 g/mol. The van der Waals surface area contributed by atoms with Crippen molar-refractivity contribution in [2.24, 2.45) is 5.92 Å². The van der Waals surface area contributed by atoms with Crippen LogP contribution in [-0.2, 0) is 29.3 Å². The van der Waals surface area contributed by atoms with Crippen LogP contribution in [0, 0.1) is 5.92 Å². The lowest BCUT2D eigenvalue weighted by molar-refractivity contribution is -0.509. The normalized spacial score (nSPS) is 26.7. The van der Waals surface area contributed by atoms with E-state index < -0.39 is 63.2 Å². The van der Waals surface area contributed by atoms with Gasteiger partial charge in [-0.25, -0.2) is 4.79 Å². The number of halogens is 2. The van der Waals surface area contributed by atoms with Gasteiger partial charge >= 0.3 is 16.3 Å². The van der Waals surface area contributed by atoms with Crippen LogP contribution in [0.4, 0.5) is 4.79 Å². The number of aromatic nitrogens is 1. The molecular weight excluding hydrogens is 621 g/mol. The average Bonchev–Trinajstić information content (AvgIpc) is 3.35. The average molecular weight is 660 g/mol. The Morgan fingerprint density at radius 1 is 1.14 bits per heavy atom. The Bertz CT molecular complexity index is 1410. The quantitative estimate of drug-likeness (QED) is 0.255. The maximum Gasteiger partial charge on any atom is 0.473 e. The first-order valence-corrected chi connectivity index (χ1v) is 16.6. The van der Waals surface area contributed by atoms with E-state index in [2.05, 4.69) is 10.6 Å². The molecule has 1 aromatic heterocycles. The molecule has 1 saturated carbocycles.